The highest BCUT2D eigenvalue weighted by molar-refractivity contribution is 7.22. The number of hydrogen-bond acceptors (Lipinski definition) is 7. The molecule has 1 amide bonds. The zero-order valence-corrected chi connectivity index (χ0v) is 20.8. The molecule has 0 saturated carbocycles. The molecule has 0 bridgehead atoms. The van der Waals surface area contributed by atoms with Gasteiger partial charge in [0.1, 0.15) is 28.9 Å². The smallest absolute Gasteiger partial charge is 0.301 e. The van der Waals surface area contributed by atoms with Crippen molar-refractivity contribution >= 4 is 55.5 Å². The SMILES string of the molecule is CC(C)COc1cccc(/C(O)=C2\C(=O)C(=O)N(c3nc4c(F)cc(F)cc4s3)C2c2cccs2)c1. The summed E-state index contributed by atoms with van der Waals surface area (Å²) in [5, 5.41) is 13.1. The summed E-state index contributed by atoms with van der Waals surface area (Å²) in [6.07, 6.45) is 0. The fourth-order valence-corrected chi connectivity index (χ4v) is 5.80. The average Bonchev–Trinajstić information content (AvgIpc) is 3.56. The number of aliphatic hydroxyl groups is 1. The van der Waals surface area contributed by atoms with Crippen molar-refractivity contribution in [3.05, 3.63) is 81.6 Å². The van der Waals surface area contributed by atoms with Gasteiger partial charge in [0.2, 0.25) is 0 Å². The van der Waals surface area contributed by atoms with Gasteiger partial charge in [0, 0.05) is 16.5 Å². The molecular formula is C26H20F2N2O4S2. The normalized spacial score (nSPS) is 17.5. The highest BCUT2D eigenvalue weighted by Gasteiger charge is 2.48. The Balaban J connectivity index is 1.64. The number of ketones is 1. The number of fused-ring (bicyclic) bond motifs is 1. The summed E-state index contributed by atoms with van der Waals surface area (Å²) in [6.45, 7) is 4.49. The predicted molar refractivity (Wildman–Crippen MR) is 135 cm³/mol. The average molecular weight is 527 g/mol. The van der Waals surface area contributed by atoms with Crippen LogP contribution in [0.3, 0.4) is 0 Å². The van der Waals surface area contributed by atoms with Crippen LogP contribution in [0, 0.1) is 17.6 Å². The first-order chi connectivity index (χ1) is 17.2. The zero-order chi connectivity index (χ0) is 25.6. The lowest BCUT2D eigenvalue weighted by Gasteiger charge is -2.21. The van der Waals surface area contributed by atoms with Crippen molar-refractivity contribution < 1.29 is 28.2 Å². The van der Waals surface area contributed by atoms with Crippen molar-refractivity contribution in [3.63, 3.8) is 0 Å². The number of thiazole rings is 1. The molecule has 1 fully saturated rings. The molecule has 5 rings (SSSR count). The maximum absolute atomic E-state index is 14.3. The minimum Gasteiger partial charge on any atom is -0.507 e. The van der Waals surface area contributed by atoms with Crippen LogP contribution in [0.4, 0.5) is 13.9 Å². The number of benzene rings is 2. The number of carbonyl (C=O) groups is 2. The zero-order valence-electron chi connectivity index (χ0n) is 19.2. The molecule has 184 valence electrons. The summed E-state index contributed by atoms with van der Waals surface area (Å²) in [5.41, 5.74) is 0.0980. The molecule has 2 aromatic heterocycles. The first-order valence-electron chi connectivity index (χ1n) is 11.1. The lowest BCUT2D eigenvalue weighted by Crippen LogP contribution is -2.28. The van der Waals surface area contributed by atoms with Crippen LogP contribution in [0.2, 0.25) is 0 Å². The third kappa shape index (κ3) is 4.27. The van der Waals surface area contributed by atoms with Crippen LogP contribution < -0.4 is 9.64 Å². The first kappa shape index (κ1) is 24.1. The van der Waals surface area contributed by atoms with Crippen molar-refractivity contribution in [2.24, 2.45) is 5.92 Å². The van der Waals surface area contributed by atoms with Gasteiger partial charge < -0.3 is 9.84 Å². The largest absolute Gasteiger partial charge is 0.507 e. The Morgan fingerprint density at radius 1 is 1.17 bits per heavy atom. The number of anilines is 1. The Bertz CT molecular complexity index is 1510. The first-order valence-corrected chi connectivity index (χ1v) is 12.8. The van der Waals surface area contributed by atoms with Crippen LogP contribution in [-0.4, -0.2) is 28.4 Å². The van der Waals surface area contributed by atoms with Crippen LogP contribution in [0.15, 0.2) is 59.5 Å². The molecule has 0 spiro atoms. The number of thiophene rings is 1. The molecule has 36 heavy (non-hydrogen) atoms. The molecule has 0 aliphatic carbocycles. The van der Waals surface area contributed by atoms with Crippen molar-refractivity contribution in [2.45, 2.75) is 19.9 Å². The van der Waals surface area contributed by atoms with Crippen molar-refractivity contribution in [1.82, 2.24) is 4.98 Å². The molecule has 1 N–H and O–H groups in total. The molecule has 0 radical (unpaired) electrons. The van der Waals surface area contributed by atoms with Gasteiger partial charge in [-0.15, -0.1) is 11.3 Å². The third-order valence-electron chi connectivity index (χ3n) is 5.56. The van der Waals surface area contributed by atoms with Crippen LogP contribution in [0.25, 0.3) is 16.0 Å². The number of hydrogen-bond donors (Lipinski definition) is 1. The summed E-state index contributed by atoms with van der Waals surface area (Å²) in [7, 11) is 0. The molecule has 4 aromatic rings. The molecule has 3 heterocycles. The molecule has 6 nitrogen and oxygen atoms in total. The molecule has 10 heteroatoms. The Morgan fingerprint density at radius 3 is 2.69 bits per heavy atom. The van der Waals surface area contributed by atoms with Gasteiger partial charge in [0.15, 0.2) is 10.9 Å². The van der Waals surface area contributed by atoms with E-state index in [1.165, 1.54) is 11.3 Å². The Labute approximate surface area is 213 Å². The van der Waals surface area contributed by atoms with Crippen molar-refractivity contribution in [3.8, 4) is 5.75 Å². The van der Waals surface area contributed by atoms with Gasteiger partial charge in [0.25, 0.3) is 5.78 Å². The molecule has 1 atom stereocenters. The second-order valence-corrected chi connectivity index (χ2v) is 10.6. The molecule has 2 aromatic carbocycles. The number of amides is 1. The number of Topliss-reactive ketones (excluding diaryl/α,β-unsaturated/α-hetero) is 1. The number of aliphatic hydroxyl groups excluding tert-OH is 1. The van der Waals surface area contributed by atoms with Gasteiger partial charge >= 0.3 is 5.91 Å². The summed E-state index contributed by atoms with van der Waals surface area (Å²) in [6, 6.07) is 11.0. The van der Waals surface area contributed by atoms with E-state index in [-0.39, 0.29) is 26.7 Å². The number of aromatic nitrogens is 1. The minimum atomic E-state index is -0.987. The van der Waals surface area contributed by atoms with E-state index in [1.807, 2.05) is 13.8 Å². The van der Waals surface area contributed by atoms with Crippen LogP contribution >= 0.6 is 22.7 Å². The highest BCUT2D eigenvalue weighted by Crippen LogP contribution is 2.45. The summed E-state index contributed by atoms with van der Waals surface area (Å²) in [5.74, 6) is -3.01. The monoisotopic (exact) mass is 526 g/mol. The van der Waals surface area contributed by atoms with Crippen LogP contribution in [-0.2, 0) is 9.59 Å². The second-order valence-electron chi connectivity index (χ2n) is 8.65. The molecule has 1 aliphatic rings. The van der Waals surface area contributed by atoms with Crippen LogP contribution in [0.1, 0.15) is 30.3 Å². The third-order valence-corrected chi connectivity index (χ3v) is 7.48. The van der Waals surface area contributed by atoms with Gasteiger partial charge in [-0.25, -0.2) is 13.8 Å². The van der Waals surface area contributed by atoms with E-state index >= 15 is 0 Å². The van der Waals surface area contributed by atoms with E-state index in [0.29, 0.717) is 34.8 Å². The van der Waals surface area contributed by atoms with E-state index in [0.717, 1.165) is 22.3 Å². The van der Waals surface area contributed by atoms with E-state index < -0.39 is 29.4 Å². The fourth-order valence-electron chi connectivity index (χ4n) is 3.95. The maximum atomic E-state index is 14.3. The maximum Gasteiger partial charge on any atom is 0.301 e. The van der Waals surface area contributed by atoms with Crippen molar-refractivity contribution in [1.29, 1.82) is 0 Å². The summed E-state index contributed by atoms with van der Waals surface area (Å²) in [4.78, 5) is 32.5. The minimum absolute atomic E-state index is 0.0306. The standard InChI is InChI=1S/C26H20F2N2O4S2/c1-13(2)12-34-16-6-3-5-14(9-16)23(31)20-22(18-7-4-8-35-18)30(25(33)24(20)32)26-29-21-17(28)10-15(27)11-19(21)36-26/h3-11,13,22,31H,12H2,1-2H3/b23-20+. The predicted octanol–water partition coefficient (Wildman–Crippen LogP) is 6.30. The molecular weight excluding hydrogens is 506 g/mol. The van der Waals surface area contributed by atoms with Gasteiger partial charge in [-0.05, 0) is 35.6 Å². The topological polar surface area (TPSA) is 79.7 Å². The number of nitrogens with zero attached hydrogens (tertiary/aromatic N) is 2. The van der Waals surface area contributed by atoms with E-state index in [9.17, 15) is 23.5 Å². The number of carbonyl (C=O) groups excluding carboxylic acids is 2. The number of halogens is 2. The van der Waals surface area contributed by atoms with Gasteiger partial charge in [-0.1, -0.05) is 43.4 Å². The Morgan fingerprint density at radius 2 is 1.97 bits per heavy atom. The number of ether oxygens (including phenoxy) is 1. The highest BCUT2D eigenvalue weighted by atomic mass is 32.1. The lowest BCUT2D eigenvalue weighted by molar-refractivity contribution is -0.132. The van der Waals surface area contributed by atoms with Crippen LogP contribution in [0.5, 0.6) is 5.75 Å². The number of rotatable bonds is 6. The quantitative estimate of drug-likeness (QED) is 0.181. The Hall–Kier alpha value is -3.63. The van der Waals surface area contributed by atoms with Crippen molar-refractivity contribution in [2.75, 3.05) is 11.5 Å². The molecule has 1 unspecified atom stereocenters. The van der Waals surface area contributed by atoms with E-state index in [1.54, 1.807) is 41.8 Å². The van der Waals surface area contributed by atoms with E-state index in [2.05, 4.69) is 4.98 Å². The second kappa shape index (κ2) is 9.44. The van der Waals surface area contributed by atoms with Gasteiger partial charge in [-0.2, -0.15) is 0 Å². The van der Waals surface area contributed by atoms with Gasteiger partial charge in [-0.3, -0.25) is 14.5 Å². The fraction of sp³-hybridized carbons (Fsp3) is 0.192. The van der Waals surface area contributed by atoms with Gasteiger partial charge in [0.05, 0.1) is 16.9 Å². The summed E-state index contributed by atoms with van der Waals surface area (Å²) < 4.78 is 34.1. The van der Waals surface area contributed by atoms with E-state index in [4.69, 9.17) is 4.74 Å². The lowest BCUT2D eigenvalue weighted by atomic mass is 10.00. The Kier molecular flexibility index (Phi) is 6.31. The summed E-state index contributed by atoms with van der Waals surface area (Å²) >= 11 is 2.19. The molecule has 1 aliphatic heterocycles. The molecule has 1 saturated heterocycles.